The normalized spacial score (nSPS) is 10.8. The van der Waals surface area contributed by atoms with Crippen molar-refractivity contribution >= 4 is 29.1 Å². The highest BCUT2D eigenvalue weighted by molar-refractivity contribution is 6.30. The summed E-state index contributed by atoms with van der Waals surface area (Å²) < 4.78 is 0. The summed E-state index contributed by atoms with van der Waals surface area (Å²) in [6.45, 7) is 0. The lowest BCUT2D eigenvalue weighted by Gasteiger charge is -2.11. The molecule has 3 heteroatoms. The Balaban J connectivity index is 2.09. The van der Waals surface area contributed by atoms with Crippen molar-refractivity contribution in [3.8, 4) is 0 Å². The summed E-state index contributed by atoms with van der Waals surface area (Å²) in [7, 11) is 3.94. The molecule has 0 bridgehead atoms. The summed E-state index contributed by atoms with van der Waals surface area (Å²) in [5.41, 5.74) is 2.71. The van der Waals surface area contributed by atoms with Crippen molar-refractivity contribution in [1.29, 1.82) is 0 Å². The maximum absolute atomic E-state index is 12.0. The molecule has 2 aromatic carbocycles. The van der Waals surface area contributed by atoms with E-state index in [9.17, 15) is 4.79 Å². The summed E-state index contributed by atoms with van der Waals surface area (Å²) in [5, 5.41) is 0.688. The van der Waals surface area contributed by atoms with Gasteiger partial charge < -0.3 is 4.90 Å². The second-order valence-electron chi connectivity index (χ2n) is 4.69. The molecule has 102 valence electrons. The number of halogens is 1. The third kappa shape index (κ3) is 3.72. The van der Waals surface area contributed by atoms with Crippen LogP contribution < -0.4 is 4.90 Å². The van der Waals surface area contributed by atoms with E-state index in [1.807, 2.05) is 55.4 Å². The number of hydrogen-bond acceptors (Lipinski definition) is 2. The van der Waals surface area contributed by atoms with E-state index in [1.165, 1.54) is 0 Å². The molecule has 2 nitrogen and oxygen atoms in total. The van der Waals surface area contributed by atoms with Crippen LogP contribution in [0.4, 0.5) is 5.69 Å². The molecule has 0 aliphatic heterocycles. The molecule has 2 aromatic rings. The molecule has 0 aliphatic carbocycles. The van der Waals surface area contributed by atoms with Gasteiger partial charge in [-0.25, -0.2) is 0 Å². The average molecular weight is 286 g/mol. The largest absolute Gasteiger partial charge is 0.378 e. The van der Waals surface area contributed by atoms with Gasteiger partial charge in [-0.05, 0) is 48.0 Å². The summed E-state index contributed by atoms with van der Waals surface area (Å²) >= 11 is 5.82. The Labute approximate surface area is 124 Å². The fraction of sp³-hybridized carbons (Fsp3) is 0.118. The van der Waals surface area contributed by atoms with Gasteiger partial charge in [0.1, 0.15) is 0 Å². The van der Waals surface area contributed by atoms with Crippen molar-refractivity contribution < 1.29 is 4.79 Å². The van der Waals surface area contributed by atoms with Crippen molar-refractivity contribution in [2.24, 2.45) is 0 Å². The van der Waals surface area contributed by atoms with E-state index < -0.39 is 0 Å². The molecule has 0 N–H and O–H groups in total. The van der Waals surface area contributed by atoms with Crippen molar-refractivity contribution in [2.75, 3.05) is 19.0 Å². The number of nitrogens with zero attached hydrogens (tertiary/aromatic N) is 1. The van der Waals surface area contributed by atoms with Crippen LogP contribution in [0.15, 0.2) is 54.6 Å². The fourth-order valence-electron chi connectivity index (χ4n) is 1.77. The number of anilines is 1. The molecule has 0 atom stereocenters. The third-order valence-electron chi connectivity index (χ3n) is 2.97. The van der Waals surface area contributed by atoms with Crippen LogP contribution in [0.25, 0.3) is 6.08 Å². The molecule has 2 rings (SSSR count). The van der Waals surface area contributed by atoms with Gasteiger partial charge in [-0.15, -0.1) is 0 Å². The van der Waals surface area contributed by atoms with Crippen molar-refractivity contribution in [3.63, 3.8) is 0 Å². The Morgan fingerprint density at radius 2 is 1.60 bits per heavy atom. The van der Waals surface area contributed by atoms with Crippen LogP contribution in [-0.2, 0) is 0 Å². The van der Waals surface area contributed by atoms with E-state index in [4.69, 9.17) is 11.6 Å². The van der Waals surface area contributed by atoms with Crippen LogP contribution in [-0.4, -0.2) is 19.9 Å². The van der Waals surface area contributed by atoms with Crippen LogP contribution in [0.1, 0.15) is 15.9 Å². The zero-order valence-electron chi connectivity index (χ0n) is 11.5. The topological polar surface area (TPSA) is 20.3 Å². The van der Waals surface area contributed by atoms with E-state index in [0.29, 0.717) is 10.6 Å². The highest BCUT2D eigenvalue weighted by Gasteiger charge is 2.02. The van der Waals surface area contributed by atoms with Gasteiger partial charge in [0, 0.05) is 30.4 Å². The Bertz CT molecular complexity index is 612. The molecule has 0 fully saturated rings. The van der Waals surface area contributed by atoms with Gasteiger partial charge >= 0.3 is 0 Å². The fourth-order valence-corrected chi connectivity index (χ4v) is 1.89. The second-order valence-corrected chi connectivity index (χ2v) is 5.13. The molecule has 0 saturated heterocycles. The third-order valence-corrected chi connectivity index (χ3v) is 3.22. The molecule has 20 heavy (non-hydrogen) atoms. The molecule has 0 radical (unpaired) electrons. The SMILES string of the molecule is CN(C)c1ccc(C(=O)/C=C\c2ccc(Cl)cc2)cc1. The van der Waals surface area contributed by atoms with Crippen LogP contribution in [0, 0.1) is 0 Å². The summed E-state index contributed by atoms with van der Waals surface area (Å²) in [6, 6.07) is 14.9. The van der Waals surface area contributed by atoms with Gasteiger partial charge in [-0.3, -0.25) is 4.79 Å². The quantitative estimate of drug-likeness (QED) is 0.616. The minimum atomic E-state index is -0.00902. The van der Waals surface area contributed by atoms with E-state index in [2.05, 4.69) is 0 Å². The number of carbonyl (C=O) groups excluding carboxylic acids is 1. The van der Waals surface area contributed by atoms with Crippen molar-refractivity contribution in [3.05, 3.63) is 70.8 Å². The van der Waals surface area contributed by atoms with Crippen molar-refractivity contribution in [1.82, 2.24) is 0 Å². The first-order valence-electron chi connectivity index (χ1n) is 6.31. The predicted molar refractivity (Wildman–Crippen MR) is 85.6 cm³/mol. The summed E-state index contributed by atoms with van der Waals surface area (Å²) in [4.78, 5) is 14.0. The highest BCUT2D eigenvalue weighted by atomic mass is 35.5. The first kappa shape index (κ1) is 14.4. The number of hydrogen-bond donors (Lipinski definition) is 0. The molecule has 0 heterocycles. The minimum absolute atomic E-state index is 0.00902. The molecule has 0 aliphatic rings. The van der Waals surface area contributed by atoms with Gasteiger partial charge in [0.15, 0.2) is 5.78 Å². The second kappa shape index (κ2) is 6.40. The standard InChI is InChI=1S/C17H16ClNO/c1-19(2)16-10-6-14(7-11-16)17(20)12-5-13-3-8-15(18)9-4-13/h3-12H,1-2H3/b12-5-. The van der Waals surface area contributed by atoms with Crippen LogP contribution in [0.3, 0.4) is 0 Å². The molecular formula is C17H16ClNO. The zero-order chi connectivity index (χ0) is 14.5. The zero-order valence-corrected chi connectivity index (χ0v) is 12.3. The Hall–Kier alpha value is -2.06. The van der Waals surface area contributed by atoms with E-state index in [1.54, 1.807) is 24.3 Å². The first-order valence-corrected chi connectivity index (χ1v) is 6.69. The van der Waals surface area contributed by atoms with Crippen LogP contribution in [0.5, 0.6) is 0 Å². The molecule has 0 saturated carbocycles. The number of allylic oxidation sites excluding steroid dienone is 1. The van der Waals surface area contributed by atoms with Gasteiger partial charge in [-0.2, -0.15) is 0 Å². The predicted octanol–water partition coefficient (Wildman–Crippen LogP) is 4.30. The Morgan fingerprint density at radius 3 is 2.15 bits per heavy atom. The number of benzene rings is 2. The molecular weight excluding hydrogens is 270 g/mol. The van der Waals surface area contributed by atoms with E-state index in [-0.39, 0.29) is 5.78 Å². The number of rotatable bonds is 4. The minimum Gasteiger partial charge on any atom is -0.378 e. The number of ketones is 1. The van der Waals surface area contributed by atoms with E-state index in [0.717, 1.165) is 11.3 Å². The summed E-state index contributed by atoms with van der Waals surface area (Å²) in [5.74, 6) is -0.00902. The first-order chi connectivity index (χ1) is 9.56. The number of carbonyl (C=O) groups is 1. The molecule has 0 unspecified atom stereocenters. The molecule has 0 amide bonds. The van der Waals surface area contributed by atoms with Crippen LogP contribution in [0.2, 0.25) is 5.02 Å². The lowest BCUT2D eigenvalue weighted by molar-refractivity contribution is 0.104. The maximum atomic E-state index is 12.0. The smallest absolute Gasteiger partial charge is 0.185 e. The monoisotopic (exact) mass is 285 g/mol. The Morgan fingerprint density at radius 1 is 1.00 bits per heavy atom. The van der Waals surface area contributed by atoms with Gasteiger partial charge in [0.2, 0.25) is 0 Å². The van der Waals surface area contributed by atoms with Gasteiger partial charge in [0.25, 0.3) is 0 Å². The average Bonchev–Trinajstić information content (AvgIpc) is 2.46. The lowest BCUT2D eigenvalue weighted by atomic mass is 10.1. The van der Waals surface area contributed by atoms with E-state index >= 15 is 0 Å². The highest BCUT2D eigenvalue weighted by Crippen LogP contribution is 2.14. The molecule has 0 spiro atoms. The van der Waals surface area contributed by atoms with Crippen LogP contribution >= 0.6 is 11.6 Å². The van der Waals surface area contributed by atoms with Crippen molar-refractivity contribution in [2.45, 2.75) is 0 Å². The molecule has 0 aromatic heterocycles. The Kier molecular flexibility index (Phi) is 4.59. The lowest BCUT2D eigenvalue weighted by Crippen LogP contribution is -2.08. The van der Waals surface area contributed by atoms with Gasteiger partial charge in [-0.1, -0.05) is 29.8 Å². The van der Waals surface area contributed by atoms with Gasteiger partial charge in [0.05, 0.1) is 0 Å². The maximum Gasteiger partial charge on any atom is 0.185 e. The summed E-state index contributed by atoms with van der Waals surface area (Å²) in [6.07, 6.45) is 3.37.